The maximum atomic E-state index is 7.23. The van der Waals surface area contributed by atoms with Crippen molar-refractivity contribution in [3.8, 4) is 0 Å². The number of nitrogens with two attached hydrogens (primary N) is 1. The van der Waals surface area contributed by atoms with Gasteiger partial charge in [-0.3, -0.25) is 10.7 Å². The van der Waals surface area contributed by atoms with E-state index in [1.54, 1.807) is 0 Å². The third-order valence-corrected chi connectivity index (χ3v) is 2.86. The molecule has 108 valence electrons. The first-order chi connectivity index (χ1) is 9.60. The lowest BCUT2D eigenvalue weighted by molar-refractivity contribution is 0.0736. The lowest BCUT2D eigenvalue weighted by Gasteiger charge is -2.15. The number of hydrogen-bond acceptors (Lipinski definition) is 4. The molecule has 1 aliphatic carbocycles. The lowest BCUT2D eigenvalue weighted by Crippen LogP contribution is -2.44. The number of nitrogens with zero attached hydrogens (tertiary/aromatic N) is 1. The summed E-state index contributed by atoms with van der Waals surface area (Å²) < 4.78 is 10.7. The van der Waals surface area contributed by atoms with E-state index in [0.717, 1.165) is 22.7 Å². The Morgan fingerprint density at radius 2 is 2.35 bits per heavy atom. The van der Waals surface area contributed by atoms with Crippen LogP contribution in [0.3, 0.4) is 0 Å². The van der Waals surface area contributed by atoms with Gasteiger partial charge in [-0.2, -0.15) is 0 Å². The fourth-order valence-electron chi connectivity index (χ4n) is 1.90. The Kier molecular flexibility index (Phi) is 4.29. The molecule has 0 aromatic rings. The molecular formula is C13H19N5O2. The van der Waals surface area contributed by atoms with Gasteiger partial charge in [0.05, 0.1) is 6.54 Å². The van der Waals surface area contributed by atoms with Gasteiger partial charge in [-0.05, 0) is 24.1 Å². The zero-order valence-electron chi connectivity index (χ0n) is 11.5. The molecule has 2 aliphatic rings. The van der Waals surface area contributed by atoms with Gasteiger partial charge < -0.3 is 20.5 Å². The Labute approximate surface area is 117 Å². The fourth-order valence-corrected chi connectivity index (χ4v) is 1.90. The number of allylic oxidation sites excluding steroid dienone is 2. The van der Waals surface area contributed by atoms with E-state index in [0.29, 0.717) is 25.5 Å². The molecule has 1 heterocycles. The van der Waals surface area contributed by atoms with Gasteiger partial charge in [0.25, 0.3) is 0 Å². The smallest absolute Gasteiger partial charge is 0.230 e. The van der Waals surface area contributed by atoms with Gasteiger partial charge in [0, 0.05) is 13.0 Å². The lowest BCUT2D eigenvalue weighted by atomic mass is 9.97. The molecule has 7 heteroatoms. The quantitative estimate of drug-likeness (QED) is 0.445. The van der Waals surface area contributed by atoms with Crippen LogP contribution in [-0.2, 0) is 9.47 Å². The van der Waals surface area contributed by atoms with Crippen molar-refractivity contribution in [3.05, 3.63) is 35.3 Å². The summed E-state index contributed by atoms with van der Waals surface area (Å²) in [4.78, 5) is 4.37. The molecule has 0 saturated heterocycles. The molecule has 0 bridgehead atoms. The molecule has 20 heavy (non-hydrogen) atoms. The van der Waals surface area contributed by atoms with Crippen LogP contribution in [0.15, 0.2) is 40.3 Å². The molecule has 2 rings (SSSR count). The highest BCUT2D eigenvalue weighted by Crippen LogP contribution is 2.32. The van der Waals surface area contributed by atoms with Crippen molar-refractivity contribution in [1.29, 1.82) is 5.41 Å². The van der Waals surface area contributed by atoms with Crippen molar-refractivity contribution < 1.29 is 9.47 Å². The summed E-state index contributed by atoms with van der Waals surface area (Å²) in [6.07, 6.45) is 2.54. The number of hydrogen-bond donors (Lipinski definition) is 4. The van der Waals surface area contributed by atoms with Crippen LogP contribution in [0.25, 0.3) is 0 Å². The van der Waals surface area contributed by atoms with Crippen molar-refractivity contribution in [2.45, 2.75) is 13.3 Å². The van der Waals surface area contributed by atoms with Crippen LogP contribution >= 0.6 is 0 Å². The molecule has 0 unspecified atom stereocenters. The molecule has 0 saturated carbocycles. The van der Waals surface area contributed by atoms with Crippen molar-refractivity contribution in [1.82, 2.24) is 10.6 Å². The SMILES string of the molecule is C=C1CC2=C(C=C1CN=C(NCC)NC(=N)N)OCO2. The van der Waals surface area contributed by atoms with Crippen molar-refractivity contribution in [2.75, 3.05) is 19.9 Å². The number of aliphatic imine (C=N–C) groups is 1. The third-order valence-electron chi connectivity index (χ3n) is 2.86. The molecule has 0 spiro atoms. The first-order valence-corrected chi connectivity index (χ1v) is 6.37. The Morgan fingerprint density at radius 1 is 1.55 bits per heavy atom. The Bertz CT molecular complexity index is 519. The van der Waals surface area contributed by atoms with E-state index in [-0.39, 0.29) is 12.8 Å². The molecule has 0 fully saturated rings. The fraction of sp³-hybridized carbons (Fsp3) is 0.385. The minimum atomic E-state index is -0.154. The van der Waals surface area contributed by atoms with E-state index in [9.17, 15) is 0 Å². The summed E-state index contributed by atoms with van der Waals surface area (Å²) in [5.74, 6) is 1.90. The number of nitrogens with one attached hydrogen (secondary N) is 3. The average molecular weight is 277 g/mol. The van der Waals surface area contributed by atoms with Crippen molar-refractivity contribution >= 4 is 11.9 Å². The largest absolute Gasteiger partial charge is 0.458 e. The van der Waals surface area contributed by atoms with E-state index >= 15 is 0 Å². The molecule has 1 aliphatic heterocycles. The van der Waals surface area contributed by atoms with Gasteiger partial charge >= 0.3 is 0 Å². The molecule has 7 nitrogen and oxygen atoms in total. The number of rotatable bonds is 3. The second kappa shape index (κ2) is 6.14. The normalized spacial score (nSPS) is 17.9. The first-order valence-electron chi connectivity index (χ1n) is 6.37. The van der Waals surface area contributed by atoms with Crippen LogP contribution in [-0.4, -0.2) is 31.8 Å². The summed E-state index contributed by atoms with van der Waals surface area (Å²) in [6, 6.07) is 0. The second-order valence-corrected chi connectivity index (χ2v) is 4.38. The third kappa shape index (κ3) is 3.31. The van der Waals surface area contributed by atoms with Crippen LogP contribution in [0.2, 0.25) is 0 Å². The standard InChI is InChI=1S/C13H19N5O2/c1-3-16-13(18-12(14)15)17-6-9-5-11-10(4-8(9)2)19-7-20-11/h5H,2-4,6-7H2,1H3,(H5,14,15,16,17,18). The van der Waals surface area contributed by atoms with E-state index in [1.807, 2.05) is 13.0 Å². The number of guanidine groups is 2. The Morgan fingerprint density at radius 3 is 3.05 bits per heavy atom. The summed E-state index contributed by atoms with van der Waals surface area (Å²) in [5, 5.41) is 12.9. The minimum absolute atomic E-state index is 0.154. The summed E-state index contributed by atoms with van der Waals surface area (Å²) in [7, 11) is 0. The van der Waals surface area contributed by atoms with Crippen LogP contribution in [0.4, 0.5) is 0 Å². The zero-order valence-corrected chi connectivity index (χ0v) is 11.5. The summed E-state index contributed by atoms with van der Waals surface area (Å²) >= 11 is 0. The van der Waals surface area contributed by atoms with Crippen LogP contribution in [0.5, 0.6) is 0 Å². The van der Waals surface area contributed by atoms with Crippen LogP contribution in [0.1, 0.15) is 13.3 Å². The topological polar surface area (TPSA) is 105 Å². The van der Waals surface area contributed by atoms with Gasteiger partial charge in [-0.1, -0.05) is 6.58 Å². The molecule has 5 N–H and O–H groups in total. The maximum absolute atomic E-state index is 7.23. The van der Waals surface area contributed by atoms with Crippen LogP contribution < -0.4 is 16.4 Å². The molecule has 0 radical (unpaired) electrons. The van der Waals surface area contributed by atoms with E-state index in [2.05, 4.69) is 22.2 Å². The summed E-state index contributed by atoms with van der Waals surface area (Å²) in [6.45, 7) is 7.35. The monoisotopic (exact) mass is 277 g/mol. The highest BCUT2D eigenvalue weighted by atomic mass is 16.7. The minimum Gasteiger partial charge on any atom is -0.458 e. The number of ether oxygens (including phenoxy) is 2. The molecule has 0 amide bonds. The molecular weight excluding hydrogens is 258 g/mol. The highest BCUT2D eigenvalue weighted by Gasteiger charge is 2.23. The Balaban J connectivity index is 2.07. The van der Waals surface area contributed by atoms with Gasteiger partial charge in [-0.15, -0.1) is 0 Å². The molecule has 0 aromatic heterocycles. The van der Waals surface area contributed by atoms with E-state index in [4.69, 9.17) is 20.6 Å². The van der Waals surface area contributed by atoms with Gasteiger partial charge in [0.15, 0.2) is 17.7 Å². The highest BCUT2D eigenvalue weighted by molar-refractivity contribution is 5.96. The van der Waals surface area contributed by atoms with Gasteiger partial charge in [0.1, 0.15) is 5.76 Å². The van der Waals surface area contributed by atoms with E-state index < -0.39 is 0 Å². The predicted molar refractivity (Wildman–Crippen MR) is 76.9 cm³/mol. The average Bonchev–Trinajstić information content (AvgIpc) is 2.82. The second-order valence-electron chi connectivity index (χ2n) is 4.38. The van der Waals surface area contributed by atoms with Crippen molar-refractivity contribution in [2.24, 2.45) is 10.7 Å². The summed E-state index contributed by atoms with van der Waals surface area (Å²) in [5.41, 5.74) is 7.24. The first kappa shape index (κ1) is 14.0. The van der Waals surface area contributed by atoms with E-state index in [1.165, 1.54) is 0 Å². The zero-order chi connectivity index (χ0) is 14.5. The Hall–Kier alpha value is -2.44. The van der Waals surface area contributed by atoms with Gasteiger partial charge in [0.2, 0.25) is 6.79 Å². The maximum Gasteiger partial charge on any atom is 0.230 e. The van der Waals surface area contributed by atoms with Crippen molar-refractivity contribution in [3.63, 3.8) is 0 Å². The van der Waals surface area contributed by atoms with Gasteiger partial charge in [-0.25, -0.2) is 4.99 Å². The molecule has 0 aromatic carbocycles. The van der Waals surface area contributed by atoms with Crippen LogP contribution in [0, 0.1) is 5.41 Å². The molecule has 0 atom stereocenters. The predicted octanol–water partition coefficient (Wildman–Crippen LogP) is 0.537.